The fraction of sp³-hybridized carbons (Fsp3) is 0.514. The number of carboxylic acids is 2. The molecule has 3 aromatic heterocycles. The number of carbonyl (C=O) groups excluding carboxylic acids is 1. The number of aliphatic carboxylic acids is 2. The van der Waals surface area contributed by atoms with Crippen LogP contribution in [0.5, 0.6) is 6.01 Å². The number of benzene rings is 1. The summed E-state index contributed by atoms with van der Waals surface area (Å²) in [6.07, 6.45) is -6.55. The van der Waals surface area contributed by atoms with E-state index in [1.807, 2.05) is 4.90 Å². The van der Waals surface area contributed by atoms with Crippen molar-refractivity contribution in [3.05, 3.63) is 34.9 Å². The lowest BCUT2D eigenvalue weighted by Gasteiger charge is -2.31. The van der Waals surface area contributed by atoms with Crippen LogP contribution < -0.4 is 9.64 Å². The third-order valence-electron chi connectivity index (χ3n) is 9.98. The zero-order chi connectivity index (χ0) is 43.6. The number of hydrogen-bond donors (Lipinski definition) is 3. The number of alkyl halides is 7. The highest BCUT2D eigenvalue weighted by Crippen LogP contribution is 2.42. The topological polar surface area (TPSA) is 202 Å². The first-order valence-electron chi connectivity index (χ1n) is 18.1. The Morgan fingerprint density at radius 3 is 2.43 bits per heavy atom. The number of carboxylic acid groups (broad SMARTS) is 2. The second-order valence-electron chi connectivity index (χ2n) is 14.0. The summed E-state index contributed by atoms with van der Waals surface area (Å²) in [5, 5.41) is 22.7. The number of rotatable bonds is 3. The van der Waals surface area contributed by atoms with Gasteiger partial charge in [-0.1, -0.05) is 11.6 Å². The first-order valence-corrected chi connectivity index (χ1v) is 18.4. The summed E-state index contributed by atoms with van der Waals surface area (Å²) >= 11 is 6.75. The van der Waals surface area contributed by atoms with Gasteiger partial charge in [-0.05, 0) is 43.9 Å². The molecule has 0 amide bonds. The van der Waals surface area contributed by atoms with Crippen molar-refractivity contribution in [3.8, 4) is 17.3 Å². The average molecular weight is 884 g/mol. The van der Waals surface area contributed by atoms with Crippen LogP contribution in [0.15, 0.2) is 18.5 Å². The largest absolute Gasteiger partial charge is 0.508 e. The molecule has 8 heterocycles. The predicted octanol–water partition coefficient (Wildman–Crippen LogP) is 5.89. The molecule has 3 atom stereocenters. The lowest BCUT2D eigenvalue weighted by atomic mass is 9.95. The van der Waals surface area contributed by atoms with E-state index in [1.165, 1.54) is 0 Å². The van der Waals surface area contributed by atoms with Crippen molar-refractivity contribution in [1.29, 1.82) is 0 Å². The molecule has 0 unspecified atom stereocenters. The number of nitrogens with zero attached hydrogens (tertiary/aromatic N) is 6. The standard InChI is InChI=1S/C31H32ClF2N7O5.2C2HF3O2/c32-22-9-23-20(12-36-39-23)24-19(22)3-1-7-44-30(42)46-18-14-40(6-8-43-15-18)28-21-11-35-27(24)25(34)26(21)37-29(38-28)45-16-31-4-2-5-41(31)13-17(33)10-31;2*3-2(4,5)1(6)7/h9,11-12,17-18H,1-8,10,13-16H2,(H,36,39);2*(H,6,7)/t17-,18+,31+;;/m1../s1. The van der Waals surface area contributed by atoms with Crippen molar-refractivity contribution in [2.75, 3.05) is 57.5 Å². The van der Waals surface area contributed by atoms with Gasteiger partial charge in [-0.25, -0.2) is 23.2 Å². The first-order chi connectivity index (χ1) is 28.3. The van der Waals surface area contributed by atoms with Crippen LogP contribution in [0.4, 0.5) is 45.7 Å². The molecule has 3 N–H and O–H groups in total. The summed E-state index contributed by atoms with van der Waals surface area (Å²) in [6.45, 7) is 2.46. The highest BCUT2D eigenvalue weighted by molar-refractivity contribution is 6.33. The maximum absolute atomic E-state index is 17.0. The van der Waals surface area contributed by atoms with E-state index >= 15 is 4.39 Å². The molecule has 326 valence electrons. The number of aromatic amines is 1. The van der Waals surface area contributed by atoms with E-state index in [0.29, 0.717) is 77.2 Å². The molecule has 60 heavy (non-hydrogen) atoms. The lowest BCUT2D eigenvalue weighted by Crippen LogP contribution is -2.43. The van der Waals surface area contributed by atoms with Crippen LogP contribution in [-0.2, 0) is 30.2 Å². The molecule has 0 saturated carbocycles. The molecule has 0 spiro atoms. The number of pyridine rings is 1. The van der Waals surface area contributed by atoms with Gasteiger partial charge in [0.05, 0.1) is 49.0 Å². The second kappa shape index (κ2) is 17.7. The smallest absolute Gasteiger partial charge is 0.475 e. The van der Waals surface area contributed by atoms with E-state index < -0.39 is 54.1 Å². The summed E-state index contributed by atoms with van der Waals surface area (Å²) in [4.78, 5) is 48.4. The van der Waals surface area contributed by atoms with Crippen molar-refractivity contribution in [2.24, 2.45) is 0 Å². The number of aromatic nitrogens is 5. The number of hydrogen-bond acceptors (Lipinski definition) is 13. The lowest BCUT2D eigenvalue weighted by molar-refractivity contribution is -0.193. The molecule has 3 fully saturated rings. The van der Waals surface area contributed by atoms with Gasteiger partial charge in [0, 0.05) is 41.7 Å². The van der Waals surface area contributed by atoms with Crippen LogP contribution in [-0.4, -0.2) is 141 Å². The number of ether oxygens (including phenoxy) is 4. The molecular formula is C35H34ClF8N7O9. The van der Waals surface area contributed by atoms with Gasteiger partial charge in [0.15, 0.2) is 5.82 Å². The average Bonchev–Trinajstić information content (AvgIpc) is 3.81. The summed E-state index contributed by atoms with van der Waals surface area (Å²) in [5.41, 5.74) is 1.32. The normalized spacial score (nSPS) is 22.1. The predicted molar refractivity (Wildman–Crippen MR) is 191 cm³/mol. The van der Waals surface area contributed by atoms with Crippen LogP contribution in [0.3, 0.4) is 0 Å². The van der Waals surface area contributed by atoms with Gasteiger partial charge in [0.25, 0.3) is 0 Å². The number of anilines is 1. The zero-order valence-electron chi connectivity index (χ0n) is 30.9. The number of halogens is 9. The summed E-state index contributed by atoms with van der Waals surface area (Å²) in [5.74, 6) is -5.83. The van der Waals surface area contributed by atoms with Crippen LogP contribution in [0, 0.1) is 5.82 Å². The fourth-order valence-electron chi connectivity index (χ4n) is 7.38. The molecule has 25 heteroatoms. The number of carbonyl (C=O) groups is 3. The minimum atomic E-state index is -5.08. The Bertz CT molecular complexity index is 2220. The van der Waals surface area contributed by atoms with E-state index in [-0.39, 0.29) is 43.6 Å². The molecule has 16 nitrogen and oxygen atoms in total. The number of H-pyrrole nitrogens is 1. The SMILES string of the molecule is O=C(O)C(F)(F)F.O=C(O)C(F)(F)F.O=C1OCCCc2c(Cl)cc3[nH]ncc3c2-c2ncc3c(nc(OC[C@@]45CCCN4C[C@H](F)C5)nc3c2F)N2CCOC[C@H](C2)O1. The fourth-order valence-corrected chi connectivity index (χ4v) is 7.68. The van der Waals surface area contributed by atoms with Crippen molar-refractivity contribution >= 4 is 57.3 Å². The Balaban J connectivity index is 0.000000373. The molecule has 4 aromatic rings. The monoisotopic (exact) mass is 883 g/mol. The molecule has 0 radical (unpaired) electrons. The van der Waals surface area contributed by atoms with Gasteiger partial charge in [0.2, 0.25) is 0 Å². The first kappa shape index (κ1) is 44.2. The quantitative estimate of drug-likeness (QED) is 0.162. The molecule has 1 aromatic carbocycles. The Morgan fingerprint density at radius 1 is 1.02 bits per heavy atom. The third-order valence-corrected chi connectivity index (χ3v) is 10.3. The second-order valence-corrected chi connectivity index (χ2v) is 14.4. The summed E-state index contributed by atoms with van der Waals surface area (Å²) in [6, 6.07) is 1.70. The van der Waals surface area contributed by atoms with Gasteiger partial charge in [0.1, 0.15) is 35.9 Å². The molecule has 0 aliphatic carbocycles. The van der Waals surface area contributed by atoms with Gasteiger partial charge in [-0.2, -0.15) is 41.4 Å². The van der Waals surface area contributed by atoms with Crippen LogP contribution in [0.1, 0.15) is 31.2 Å². The third kappa shape index (κ3) is 9.81. The molecule has 9 rings (SSSR count). The minimum Gasteiger partial charge on any atom is -0.475 e. The van der Waals surface area contributed by atoms with Crippen molar-refractivity contribution in [3.63, 3.8) is 0 Å². The van der Waals surface area contributed by atoms with Gasteiger partial charge >= 0.3 is 36.5 Å². The van der Waals surface area contributed by atoms with E-state index in [9.17, 15) is 35.5 Å². The van der Waals surface area contributed by atoms with Crippen molar-refractivity contribution in [1.82, 2.24) is 30.0 Å². The van der Waals surface area contributed by atoms with Gasteiger partial charge in [-0.3, -0.25) is 15.0 Å². The van der Waals surface area contributed by atoms with E-state index in [2.05, 4.69) is 25.1 Å². The van der Waals surface area contributed by atoms with Crippen molar-refractivity contribution in [2.45, 2.75) is 62.3 Å². The van der Waals surface area contributed by atoms with E-state index in [4.69, 9.17) is 55.3 Å². The number of nitrogens with one attached hydrogen (secondary N) is 1. The minimum absolute atomic E-state index is 0.0114. The summed E-state index contributed by atoms with van der Waals surface area (Å²) < 4.78 is 118. The van der Waals surface area contributed by atoms with Crippen molar-refractivity contribution < 1.29 is 78.7 Å². The van der Waals surface area contributed by atoms with E-state index in [0.717, 1.165) is 19.4 Å². The molecule has 5 aliphatic rings. The summed E-state index contributed by atoms with van der Waals surface area (Å²) in [7, 11) is 0. The maximum atomic E-state index is 17.0. The Labute approximate surface area is 337 Å². The maximum Gasteiger partial charge on any atom is 0.508 e. The Kier molecular flexibility index (Phi) is 13.0. The van der Waals surface area contributed by atoms with Crippen LogP contribution in [0.25, 0.3) is 33.1 Å². The molecule has 5 aliphatic heterocycles. The van der Waals surface area contributed by atoms with E-state index in [1.54, 1.807) is 18.5 Å². The Morgan fingerprint density at radius 2 is 1.73 bits per heavy atom. The zero-order valence-corrected chi connectivity index (χ0v) is 31.7. The number of fused-ring (bicyclic) bond motifs is 8. The van der Waals surface area contributed by atoms with Gasteiger partial charge < -0.3 is 34.1 Å². The Hall–Kier alpha value is -5.36. The van der Waals surface area contributed by atoms with Crippen LogP contribution >= 0.6 is 11.6 Å². The molecule has 3 saturated heterocycles. The van der Waals surface area contributed by atoms with Crippen LogP contribution in [0.2, 0.25) is 5.02 Å². The highest BCUT2D eigenvalue weighted by atomic mass is 35.5. The highest BCUT2D eigenvalue weighted by Gasteiger charge is 2.49. The molecular weight excluding hydrogens is 850 g/mol. The molecule has 6 bridgehead atoms. The van der Waals surface area contributed by atoms with Gasteiger partial charge in [-0.15, -0.1) is 0 Å².